The largest absolute Gasteiger partial charge is 0.462 e. The van der Waals surface area contributed by atoms with E-state index in [1.165, 1.54) is 5.56 Å². The number of nitrogens with one attached hydrogen (secondary N) is 2. The highest BCUT2D eigenvalue weighted by molar-refractivity contribution is 5.89. The molecule has 0 amide bonds. The van der Waals surface area contributed by atoms with Gasteiger partial charge >= 0.3 is 5.97 Å². The summed E-state index contributed by atoms with van der Waals surface area (Å²) < 4.78 is 4.98. The molecule has 0 radical (unpaired) electrons. The number of ether oxygens (including phenoxy) is 1. The Morgan fingerprint density at radius 1 is 0.926 bits per heavy atom. The van der Waals surface area contributed by atoms with Crippen molar-refractivity contribution < 1.29 is 9.53 Å². The van der Waals surface area contributed by atoms with Gasteiger partial charge in [0, 0.05) is 17.6 Å². The predicted octanol–water partition coefficient (Wildman–Crippen LogP) is 4.70. The van der Waals surface area contributed by atoms with E-state index in [1.54, 1.807) is 31.3 Å². The molecule has 0 fully saturated rings. The second-order valence-corrected chi connectivity index (χ2v) is 5.86. The van der Waals surface area contributed by atoms with Crippen LogP contribution < -0.4 is 10.6 Å². The van der Waals surface area contributed by atoms with Gasteiger partial charge in [-0.2, -0.15) is 4.98 Å². The summed E-state index contributed by atoms with van der Waals surface area (Å²) in [5, 5.41) is 6.40. The molecule has 0 aliphatic heterocycles. The molecule has 6 heteroatoms. The summed E-state index contributed by atoms with van der Waals surface area (Å²) in [7, 11) is 0. The third-order valence-electron chi connectivity index (χ3n) is 3.94. The molecule has 3 aromatic rings. The fourth-order valence-electron chi connectivity index (χ4n) is 2.49. The Labute approximate surface area is 158 Å². The number of esters is 1. The smallest absolute Gasteiger partial charge is 0.338 e. The summed E-state index contributed by atoms with van der Waals surface area (Å²) in [5.74, 6) is 0.834. The van der Waals surface area contributed by atoms with Gasteiger partial charge in [-0.05, 0) is 61.4 Å². The minimum Gasteiger partial charge on any atom is -0.462 e. The maximum atomic E-state index is 11.7. The molecular weight excluding hydrogens is 340 g/mol. The highest BCUT2D eigenvalue weighted by atomic mass is 16.5. The summed E-state index contributed by atoms with van der Waals surface area (Å²) >= 11 is 0. The van der Waals surface area contributed by atoms with Crippen LogP contribution in [-0.2, 0) is 11.2 Å². The number of aromatic nitrogens is 2. The Bertz CT molecular complexity index is 893. The molecule has 0 bridgehead atoms. The number of anilines is 4. The summed E-state index contributed by atoms with van der Waals surface area (Å²) in [6.45, 7) is 4.27. The van der Waals surface area contributed by atoms with Crippen molar-refractivity contribution in [1.29, 1.82) is 0 Å². The number of carbonyl (C=O) groups is 1. The van der Waals surface area contributed by atoms with E-state index in [-0.39, 0.29) is 5.97 Å². The number of carbonyl (C=O) groups excluding carboxylic acids is 1. The average Bonchev–Trinajstić information content (AvgIpc) is 2.70. The Morgan fingerprint density at radius 3 is 2.26 bits per heavy atom. The van der Waals surface area contributed by atoms with Crippen molar-refractivity contribution in [2.24, 2.45) is 0 Å². The topological polar surface area (TPSA) is 76.1 Å². The quantitative estimate of drug-likeness (QED) is 0.593. The fourth-order valence-corrected chi connectivity index (χ4v) is 2.49. The molecule has 0 aliphatic carbocycles. The summed E-state index contributed by atoms with van der Waals surface area (Å²) in [5.41, 5.74) is 3.55. The maximum absolute atomic E-state index is 11.7. The Balaban J connectivity index is 1.67. The Hall–Kier alpha value is -3.41. The molecule has 0 spiro atoms. The SMILES string of the molecule is CCOC(=O)c1ccc(Nc2ccnc(Nc3ccc(CC)cc3)n2)cc1. The molecule has 27 heavy (non-hydrogen) atoms. The van der Waals surface area contributed by atoms with Crippen molar-refractivity contribution in [1.82, 2.24) is 9.97 Å². The third-order valence-corrected chi connectivity index (χ3v) is 3.94. The van der Waals surface area contributed by atoms with Crippen molar-refractivity contribution >= 4 is 29.1 Å². The van der Waals surface area contributed by atoms with Crippen molar-refractivity contribution in [2.75, 3.05) is 17.2 Å². The van der Waals surface area contributed by atoms with Gasteiger partial charge in [0.1, 0.15) is 5.82 Å². The van der Waals surface area contributed by atoms with Gasteiger partial charge in [-0.15, -0.1) is 0 Å². The highest BCUT2D eigenvalue weighted by Crippen LogP contribution is 2.19. The van der Waals surface area contributed by atoms with E-state index >= 15 is 0 Å². The molecule has 2 N–H and O–H groups in total. The van der Waals surface area contributed by atoms with Crippen molar-refractivity contribution in [2.45, 2.75) is 20.3 Å². The first-order chi connectivity index (χ1) is 13.2. The summed E-state index contributed by atoms with van der Waals surface area (Å²) in [6.07, 6.45) is 2.69. The van der Waals surface area contributed by atoms with Crippen molar-refractivity contribution in [3.05, 3.63) is 71.9 Å². The van der Waals surface area contributed by atoms with Crippen LogP contribution >= 0.6 is 0 Å². The molecule has 138 valence electrons. The van der Waals surface area contributed by atoms with Crippen LogP contribution in [0.5, 0.6) is 0 Å². The lowest BCUT2D eigenvalue weighted by Gasteiger charge is -2.09. The van der Waals surface area contributed by atoms with Crippen LogP contribution in [0, 0.1) is 0 Å². The molecule has 2 aromatic carbocycles. The number of hydrogen-bond donors (Lipinski definition) is 2. The molecule has 0 atom stereocenters. The zero-order valence-electron chi connectivity index (χ0n) is 15.4. The minimum atomic E-state index is -0.327. The van der Waals surface area contributed by atoms with Crippen LogP contribution in [0.25, 0.3) is 0 Å². The Kier molecular flexibility index (Phi) is 5.99. The van der Waals surface area contributed by atoms with Gasteiger partial charge in [0.2, 0.25) is 5.95 Å². The molecule has 0 unspecified atom stereocenters. The van der Waals surface area contributed by atoms with E-state index in [1.807, 2.05) is 24.3 Å². The number of benzene rings is 2. The van der Waals surface area contributed by atoms with Gasteiger partial charge in [0.15, 0.2) is 0 Å². The van der Waals surface area contributed by atoms with E-state index in [9.17, 15) is 4.79 Å². The number of nitrogens with zero attached hydrogens (tertiary/aromatic N) is 2. The van der Waals surface area contributed by atoms with Gasteiger partial charge in [-0.25, -0.2) is 9.78 Å². The van der Waals surface area contributed by atoms with Crippen molar-refractivity contribution in [3.63, 3.8) is 0 Å². The molecule has 1 heterocycles. The monoisotopic (exact) mass is 362 g/mol. The fraction of sp³-hybridized carbons (Fsp3) is 0.190. The number of aryl methyl sites for hydroxylation is 1. The first kappa shape index (κ1) is 18.4. The maximum Gasteiger partial charge on any atom is 0.338 e. The van der Waals surface area contributed by atoms with Crippen LogP contribution in [0.2, 0.25) is 0 Å². The molecular formula is C21H22N4O2. The van der Waals surface area contributed by atoms with E-state index < -0.39 is 0 Å². The highest BCUT2D eigenvalue weighted by Gasteiger charge is 2.06. The standard InChI is InChI=1S/C21H22N4O2/c1-3-15-5-9-18(10-6-15)24-21-22-14-13-19(25-21)23-17-11-7-16(8-12-17)20(26)27-4-2/h5-14H,3-4H2,1-2H3,(H2,22,23,24,25). The van der Waals surface area contributed by atoms with E-state index in [2.05, 4.69) is 39.7 Å². The number of hydrogen-bond acceptors (Lipinski definition) is 6. The van der Waals surface area contributed by atoms with Crippen LogP contribution in [0.3, 0.4) is 0 Å². The van der Waals surface area contributed by atoms with Gasteiger partial charge in [-0.3, -0.25) is 0 Å². The van der Waals surface area contributed by atoms with Gasteiger partial charge in [0.25, 0.3) is 0 Å². The normalized spacial score (nSPS) is 10.3. The lowest BCUT2D eigenvalue weighted by molar-refractivity contribution is 0.0526. The van der Waals surface area contributed by atoms with Gasteiger partial charge in [0.05, 0.1) is 12.2 Å². The third kappa shape index (κ3) is 5.04. The average molecular weight is 362 g/mol. The van der Waals surface area contributed by atoms with E-state index in [4.69, 9.17) is 4.74 Å². The van der Waals surface area contributed by atoms with E-state index in [0.717, 1.165) is 17.8 Å². The van der Waals surface area contributed by atoms with Crippen molar-refractivity contribution in [3.8, 4) is 0 Å². The zero-order valence-corrected chi connectivity index (χ0v) is 15.4. The number of rotatable bonds is 7. The Morgan fingerprint density at radius 2 is 1.59 bits per heavy atom. The zero-order chi connectivity index (χ0) is 19.1. The van der Waals surface area contributed by atoms with Gasteiger partial charge in [-0.1, -0.05) is 19.1 Å². The second kappa shape index (κ2) is 8.80. The van der Waals surface area contributed by atoms with Crippen LogP contribution in [0.1, 0.15) is 29.8 Å². The van der Waals surface area contributed by atoms with E-state index in [0.29, 0.717) is 23.9 Å². The minimum absolute atomic E-state index is 0.327. The van der Waals surface area contributed by atoms with Gasteiger partial charge < -0.3 is 15.4 Å². The lowest BCUT2D eigenvalue weighted by atomic mass is 10.1. The molecule has 6 nitrogen and oxygen atoms in total. The second-order valence-electron chi connectivity index (χ2n) is 5.86. The first-order valence-corrected chi connectivity index (χ1v) is 8.91. The molecule has 0 saturated carbocycles. The summed E-state index contributed by atoms with van der Waals surface area (Å²) in [4.78, 5) is 20.4. The van der Waals surface area contributed by atoms with Crippen LogP contribution in [0.4, 0.5) is 23.1 Å². The van der Waals surface area contributed by atoms with Crippen LogP contribution in [-0.4, -0.2) is 22.5 Å². The first-order valence-electron chi connectivity index (χ1n) is 8.91. The molecule has 3 rings (SSSR count). The molecule has 0 saturated heterocycles. The summed E-state index contributed by atoms with van der Waals surface area (Å²) in [6, 6.07) is 17.0. The lowest BCUT2D eigenvalue weighted by Crippen LogP contribution is -2.04. The van der Waals surface area contributed by atoms with Crippen LogP contribution in [0.15, 0.2) is 60.8 Å². The molecule has 0 aliphatic rings. The predicted molar refractivity (Wildman–Crippen MR) is 107 cm³/mol. The molecule has 1 aromatic heterocycles.